The maximum Gasteiger partial charge on any atom is 0.340 e. The molecule has 1 aromatic heterocycles. The van der Waals surface area contributed by atoms with Gasteiger partial charge in [-0.1, -0.05) is 0 Å². The van der Waals surface area contributed by atoms with Gasteiger partial charge < -0.3 is 19.0 Å². The van der Waals surface area contributed by atoms with Crippen molar-refractivity contribution in [2.45, 2.75) is 39.8 Å². The number of carbonyl (C=O) groups excluding carboxylic acids is 1. The number of benzene rings is 1. The van der Waals surface area contributed by atoms with Crippen LogP contribution in [0.5, 0.6) is 5.75 Å². The van der Waals surface area contributed by atoms with Crippen LogP contribution in [0.15, 0.2) is 15.3 Å². The fraction of sp³-hybridized carbons (Fsp3) is 0.474. The molecular weight excluding hydrogens is 338 g/mol. The van der Waals surface area contributed by atoms with Crippen LogP contribution in [0.1, 0.15) is 29.2 Å². The van der Waals surface area contributed by atoms with Crippen molar-refractivity contribution < 1.29 is 23.8 Å². The molecule has 1 atom stereocenters. The summed E-state index contributed by atoms with van der Waals surface area (Å²) in [7, 11) is 1.29. The first-order valence-electron chi connectivity index (χ1n) is 8.50. The molecule has 26 heavy (non-hydrogen) atoms. The Balaban J connectivity index is 2.11. The molecular formula is C19H23NO6. The maximum absolute atomic E-state index is 12.3. The summed E-state index contributed by atoms with van der Waals surface area (Å²) < 4.78 is 16.0. The molecule has 3 rings (SSSR count). The van der Waals surface area contributed by atoms with Crippen LogP contribution in [0.25, 0.3) is 11.0 Å². The smallest absolute Gasteiger partial charge is 0.340 e. The van der Waals surface area contributed by atoms with E-state index in [0.717, 1.165) is 16.5 Å². The van der Waals surface area contributed by atoms with Crippen LogP contribution in [0.3, 0.4) is 0 Å². The number of β-amino-alcohol motifs (C(OH)–C–C–N with tert-alkyl or cyclic N) is 1. The Morgan fingerprint density at radius 1 is 1.38 bits per heavy atom. The topological polar surface area (TPSA) is 89.2 Å². The molecule has 2 heterocycles. The molecule has 0 saturated heterocycles. The lowest BCUT2D eigenvalue weighted by Gasteiger charge is -2.31. The highest BCUT2D eigenvalue weighted by atomic mass is 16.5. The van der Waals surface area contributed by atoms with E-state index in [-0.39, 0.29) is 6.42 Å². The van der Waals surface area contributed by atoms with Crippen LogP contribution >= 0.6 is 0 Å². The maximum atomic E-state index is 12.3. The van der Waals surface area contributed by atoms with Gasteiger partial charge >= 0.3 is 11.6 Å². The fourth-order valence-electron chi connectivity index (χ4n) is 3.40. The Labute approximate surface area is 151 Å². The van der Waals surface area contributed by atoms with E-state index in [0.29, 0.717) is 42.3 Å². The minimum Gasteiger partial charge on any atom is -0.477 e. The van der Waals surface area contributed by atoms with E-state index >= 15 is 0 Å². The predicted molar refractivity (Wildman–Crippen MR) is 95.3 cm³/mol. The highest BCUT2D eigenvalue weighted by Crippen LogP contribution is 2.36. The zero-order chi connectivity index (χ0) is 19.0. The van der Waals surface area contributed by atoms with Crippen LogP contribution in [0, 0.1) is 13.8 Å². The minimum atomic E-state index is -0.532. The Morgan fingerprint density at radius 3 is 2.77 bits per heavy atom. The molecule has 0 radical (unpaired) electrons. The van der Waals surface area contributed by atoms with Crippen LogP contribution in [0.2, 0.25) is 0 Å². The van der Waals surface area contributed by atoms with Crippen molar-refractivity contribution in [3.8, 4) is 5.75 Å². The van der Waals surface area contributed by atoms with E-state index in [1.165, 1.54) is 7.11 Å². The van der Waals surface area contributed by atoms with Crippen LogP contribution in [0.4, 0.5) is 0 Å². The lowest BCUT2D eigenvalue weighted by atomic mass is 9.97. The van der Waals surface area contributed by atoms with Crippen LogP contribution < -0.4 is 10.4 Å². The van der Waals surface area contributed by atoms with Gasteiger partial charge in [-0.25, -0.2) is 4.79 Å². The standard InChI is InChI=1S/C19H23NO6/c1-10(21)7-20-8-13-5-14-11(2)15(6-16(22)24-4)19(23)26-18(14)12(3)17(13)25-9-20/h5,10,21H,6-9H2,1-4H3/t10-/m0/s1. The van der Waals surface area contributed by atoms with E-state index < -0.39 is 17.7 Å². The Morgan fingerprint density at radius 2 is 2.12 bits per heavy atom. The first kappa shape index (κ1) is 18.4. The summed E-state index contributed by atoms with van der Waals surface area (Å²) in [6.45, 7) is 6.90. The quantitative estimate of drug-likeness (QED) is 0.654. The van der Waals surface area contributed by atoms with Crippen molar-refractivity contribution in [3.05, 3.63) is 38.7 Å². The molecule has 0 bridgehead atoms. The summed E-state index contributed by atoms with van der Waals surface area (Å²) in [4.78, 5) is 26.0. The number of methoxy groups -OCH3 is 1. The number of fused-ring (bicyclic) bond motifs is 2. The van der Waals surface area contributed by atoms with Gasteiger partial charge in [0.15, 0.2) is 0 Å². The molecule has 1 aromatic carbocycles. The van der Waals surface area contributed by atoms with Gasteiger partial charge in [-0.2, -0.15) is 0 Å². The van der Waals surface area contributed by atoms with Gasteiger partial charge in [0.25, 0.3) is 0 Å². The number of aryl methyl sites for hydroxylation is 2. The average molecular weight is 361 g/mol. The molecule has 0 unspecified atom stereocenters. The van der Waals surface area contributed by atoms with Gasteiger partial charge in [-0.15, -0.1) is 0 Å². The van der Waals surface area contributed by atoms with Gasteiger partial charge in [0.1, 0.15) is 18.1 Å². The summed E-state index contributed by atoms with van der Waals surface area (Å²) in [5.74, 6) is 0.225. The number of esters is 1. The average Bonchev–Trinajstić information content (AvgIpc) is 2.59. The first-order valence-corrected chi connectivity index (χ1v) is 8.50. The van der Waals surface area contributed by atoms with E-state index in [2.05, 4.69) is 4.74 Å². The number of nitrogens with zero attached hydrogens (tertiary/aromatic N) is 1. The number of ether oxygens (including phenoxy) is 2. The number of rotatable bonds is 4. The largest absolute Gasteiger partial charge is 0.477 e. The van der Waals surface area contributed by atoms with Crippen LogP contribution in [-0.2, 0) is 22.5 Å². The van der Waals surface area contributed by atoms with Gasteiger partial charge in [0.2, 0.25) is 0 Å². The predicted octanol–water partition coefficient (Wildman–Crippen LogP) is 1.66. The first-order chi connectivity index (χ1) is 12.3. The molecule has 140 valence electrons. The van der Waals surface area contributed by atoms with Crippen molar-refractivity contribution in [2.75, 3.05) is 20.4 Å². The van der Waals surface area contributed by atoms with Gasteiger partial charge in [-0.05, 0) is 32.4 Å². The Kier molecular flexibility index (Phi) is 5.02. The van der Waals surface area contributed by atoms with E-state index in [9.17, 15) is 14.7 Å². The summed E-state index contributed by atoms with van der Waals surface area (Å²) in [6, 6.07) is 1.94. The van der Waals surface area contributed by atoms with Crippen LogP contribution in [-0.4, -0.2) is 42.5 Å². The minimum absolute atomic E-state index is 0.124. The fourth-order valence-corrected chi connectivity index (χ4v) is 3.40. The Hall–Kier alpha value is -2.38. The zero-order valence-electron chi connectivity index (χ0n) is 15.4. The van der Waals surface area contributed by atoms with Crippen molar-refractivity contribution in [1.82, 2.24) is 4.90 Å². The number of hydrogen-bond donors (Lipinski definition) is 1. The van der Waals surface area contributed by atoms with Gasteiger partial charge in [0.05, 0.1) is 25.2 Å². The molecule has 0 aliphatic carbocycles. The van der Waals surface area contributed by atoms with E-state index in [4.69, 9.17) is 9.15 Å². The molecule has 1 aliphatic heterocycles. The normalized spacial score (nSPS) is 15.4. The summed E-state index contributed by atoms with van der Waals surface area (Å²) in [5.41, 5.74) is 2.68. The molecule has 2 aromatic rings. The summed E-state index contributed by atoms with van der Waals surface area (Å²) in [5, 5.41) is 10.4. The molecule has 7 heteroatoms. The Bertz CT molecular complexity index is 915. The van der Waals surface area contributed by atoms with Gasteiger partial charge in [0, 0.05) is 29.6 Å². The van der Waals surface area contributed by atoms with E-state index in [1.54, 1.807) is 13.8 Å². The third-order valence-corrected chi connectivity index (χ3v) is 4.69. The lowest BCUT2D eigenvalue weighted by molar-refractivity contribution is -0.139. The van der Waals surface area contributed by atoms with Crippen molar-refractivity contribution in [2.24, 2.45) is 0 Å². The molecule has 0 fully saturated rings. The molecule has 7 nitrogen and oxygen atoms in total. The molecule has 1 aliphatic rings. The van der Waals surface area contributed by atoms with Crippen molar-refractivity contribution in [3.63, 3.8) is 0 Å². The number of hydrogen-bond acceptors (Lipinski definition) is 7. The lowest BCUT2D eigenvalue weighted by Crippen LogP contribution is -2.37. The SMILES string of the molecule is COC(=O)Cc1c(C)c2cc3c(c(C)c2oc1=O)OCN(C[C@H](C)O)C3. The second-order valence-corrected chi connectivity index (χ2v) is 6.75. The second-order valence-electron chi connectivity index (χ2n) is 6.75. The van der Waals surface area contributed by atoms with E-state index in [1.807, 2.05) is 17.9 Å². The highest BCUT2D eigenvalue weighted by Gasteiger charge is 2.24. The number of aliphatic hydroxyl groups excluding tert-OH is 1. The third-order valence-electron chi connectivity index (χ3n) is 4.69. The van der Waals surface area contributed by atoms with Crippen molar-refractivity contribution in [1.29, 1.82) is 0 Å². The van der Waals surface area contributed by atoms with Crippen molar-refractivity contribution >= 4 is 16.9 Å². The molecule has 0 saturated carbocycles. The van der Waals surface area contributed by atoms with Gasteiger partial charge in [-0.3, -0.25) is 9.69 Å². The molecule has 0 amide bonds. The molecule has 0 spiro atoms. The summed E-state index contributed by atoms with van der Waals surface area (Å²) >= 11 is 0. The highest BCUT2D eigenvalue weighted by molar-refractivity contribution is 5.88. The number of aliphatic hydroxyl groups is 1. The zero-order valence-corrected chi connectivity index (χ0v) is 15.4. The number of carbonyl (C=O) groups is 1. The molecule has 1 N–H and O–H groups in total. The third kappa shape index (κ3) is 3.32. The monoisotopic (exact) mass is 361 g/mol. The summed E-state index contributed by atoms with van der Waals surface area (Å²) in [6.07, 6.45) is -0.574. The second kappa shape index (κ2) is 7.09.